The molecule has 170 valence electrons. The Morgan fingerprint density at radius 3 is 2.33 bits per heavy atom. The summed E-state index contributed by atoms with van der Waals surface area (Å²) in [6.07, 6.45) is 1.16. The number of unbranched alkanes of at least 4 members (excludes halogenated alkanes) is 1. The highest BCUT2D eigenvalue weighted by Gasteiger charge is 2.14. The quantitative estimate of drug-likeness (QED) is 0.143. The minimum absolute atomic E-state index is 0.0192. The average molecular weight is 466 g/mol. The van der Waals surface area contributed by atoms with Crippen LogP contribution in [0.1, 0.15) is 12.8 Å². The third kappa shape index (κ3) is 5.18. The summed E-state index contributed by atoms with van der Waals surface area (Å²) in [7, 11) is -3.44. The van der Waals surface area contributed by atoms with Crippen molar-refractivity contribution in [3.8, 4) is 0 Å². The van der Waals surface area contributed by atoms with Gasteiger partial charge in [0.2, 0.25) is 10.0 Å². The number of hydrogen-bond donors (Lipinski definition) is 3. The number of nitrogens with two attached hydrogens (primary N) is 1. The molecule has 33 heavy (non-hydrogen) atoms. The van der Waals surface area contributed by atoms with Gasteiger partial charge in [-0.05, 0) is 55.8 Å². The number of aromatic nitrogens is 1. The van der Waals surface area contributed by atoms with Crippen LogP contribution in [0.4, 0.5) is 22.7 Å². The van der Waals surface area contributed by atoms with Gasteiger partial charge >= 0.3 is 0 Å². The number of nitro benzene ring substituents is 1. The van der Waals surface area contributed by atoms with Crippen molar-refractivity contribution in [3.63, 3.8) is 0 Å². The third-order valence-electron chi connectivity index (χ3n) is 5.17. The number of rotatable bonds is 9. The van der Waals surface area contributed by atoms with Crippen molar-refractivity contribution >= 4 is 54.6 Å². The van der Waals surface area contributed by atoms with Crippen molar-refractivity contribution in [2.45, 2.75) is 12.8 Å². The molecule has 0 spiro atoms. The van der Waals surface area contributed by atoms with Crippen LogP contribution in [0.3, 0.4) is 0 Å². The molecule has 3 aromatic carbocycles. The lowest BCUT2D eigenvalue weighted by Gasteiger charge is -2.14. The smallest absolute Gasteiger partial charge is 0.271 e. The molecular weight excluding hydrogens is 442 g/mol. The molecule has 9 nitrogen and oxygen atoms in total. The number of fused-ring (bicyclic) bond motifs is 2. The number of anilines is 3. The third-order valence-corrected chi connectivity index (χ3v) is 6.54. The van der Waals surface area contributed by atoms with E-state index in [0.29, 0.717) is 36.1 Å². The molecule has 4 N–H and O–H groups in total. The second kappa shape index (κ2) is 9.39. The van der Waals surface area contributed by atoms with Crippen LogP contribution in [-0.4, -0.2) is 30.6 Å². The van der Waals surface area contributed by atoms with E-state index in [9.17, 15) is 18.5 Å². The van der Waals surface area contributed by atoms with Crippen LogP contribution in [0.5, 0.6) is 0 Å². The van der Waals surface area contributed by atoms with E-state index in [1.807, 2.05) is 24.3 Å². The zero-order chi connectivity index (χ0) is 23.4. The first-order chi connectivity index (χ1) is 15.9. The molecule has 0 saturated heterocycles. The number of pyridine rings is 1. The van der Waals surface area contributed by atoms with Crippen molar-refractivity contribution in [3.05, 3.63) is 76.8 Å². The standard InChI is InChI=1S/C23H23N5O4S/c24-13-3-4-14-33(31,32)27-17-9-7-16(8-10-17)25-23-19-5-1-2-6-21(19)26-22-15-18(28(29)30)11-12-20(22)23/h1-2,5-12,15,27H,3-4,13-14,24H2,(H,25,26). The number of nitrogens with one attached hydrogen (secondary N) is 2. The van der Waals surface area contributed by atoms with Gasteiger partial charge in [-0.2, -0.15) is 0 Å². The van der Waals surface area contributed by atoms with Gasteiger partial charge in [-0.1, -0.05) is 18.2 Å². The molecule has 0 aliphatic rings. The van der Waals surface area contributed by atoms with Gasteiger partial charge < -0.3 is 11.1 Å². The molecule has 0 saturated carbocycles. The van der Waals surface area contributed by atoms with E-state index in [-0.39, 0.29) is 11.4 Å². The molecule has 0 bridgehead atoms. The lowest BCUT2D eigenvalue weighted by molar-refractivity contribution is -0.384. The molecule has 0 fully saturated rings. The minimum Gasteiger partial charge on any atom is -0.354 e. The van der Waals surface area contributed by atoms with E-state index >= 15 is 0 Å². The normalized spacial score (nSPS) is 11.5. The van der Waals surface area contributed by atoms with Gasteiger partial charge in [-0.25, -0.2) is 13.4 Å². The van der Waals surface area contributed by atoms with Crippen LogP contribution in [0.25, 0.3) is 21.8 Å². The fraction of sp³-hybridized carbons (Fsp3) is 0.174. The predicted octanol–water partition coefficient (Wildman–Crippen LogP) is 4.52. The summed E-state index contributed by atoms with van der Waals surface area (Å²) in [4.78, 5) is 15.3. The number of sulfonamides is 1. The number of benzene rings is 3. The van der Waals surface area contributed by atoms with E-state index in [0.717, 1.165) is 22.1 Å². The van der Waals surface area contributed by atoms with Crippen molar-refractivity contribution in [1.29, 1.82) is 0 Å². The minimum atomic E-state index is -3.44. The molecule has 0 unspecified atom stereocenters. The SMILES string of the molecule is NCCCCS(=O)(=O)Nc1ccc(Nc2c3ccccc3nc3cc([N+](=O)[O-])ccc23)cc1. The first-order valence-corrected chi connectivity index (χ1v) is 12.1. The summed E-state index contributed by atoms with van der Waals surface area (Å²) in [5.74, 6) is 0.0192. The maximum atomic E-state index is 12.2. The molecule has 10 heteroatoms. The van der Waals surface area contributed by atoms with Gasteiger partial charge in [0.25, 0.3) is 5.69 Å². The van der Waals surface area contributed by atoms with Gasteiger partial charge in [0, 0.05) is 34.3 Å². The van der Waals surface area contributed by atoms with E-state index in [4.69, 9.17) is 5.73 Å². The molecule has 4 rings (SSSR count). The zero-order valence-electron chi connectivity index (χ0n) is 17.7. The molecular formula is C23H23N5O4S. The van der Waals surface area contributed by atoms with Crippen LogP contribution in [0.2, 0.25) is 0 Å². The summed E-state index contributed by atoms with van der Waals surface area (Å²) in [5, 5.41) is 16.2. The van der Waals surface area contributed by atoms with Crippen LogP contribution in [-0.2, 0) is 10.0 Å². The topological polar surface area (TPSA) is 140 Å². The highest BCUT2D eigenvalue weighted by molar-refractivity contribution is 7.92. The lowest BCUT2D eigenvalue weighted by Crippen LogP contribution is -2.17. The first kappa shape index (κ1) is 22.4. The molecule has 1 heterocycles. The molecule has 0 atom stereocenters. The van der Waals surface area contributed by atoms with Crippen molar-refractivity contribution in [2.75, 3.05) is 22.3 Å². The van der Waals surface area contributed by atoms with Gasteiger partial charge in [-0.15, -0.1) is 0 Å². The maximum Gasteiger partial charge on any atom is 0.271 e. The molecule has 0 radical (unpaired) electrons. The van der Waals surface area contributed by atoms with Crippen LogP contribution in [0, 0.1) is 10.1 Å². The summed E-state index contributed by atoms with van der Waals surface area (Å²) in [5.41, 5.74) is 8.57. The van der Waals surface area contributed by atoms with E-state index in [1.54, 1.807) is 30.3 Å². The molecule has 4 aromatic rings. The average Bonchev–Trinajstić information content (AvgIpc) is 2.79. The Balaban J connectivity index is 1.65. The molecule has 0 amide bonds. The van der Waals surface area contributed by atoms with Gasteiger partial charge in [0.1, 0.15) is 0 Å². The molecule has 0 aliphatic carbocycles. The summed E-state index contributed by atoms with van der Waals surface area (Å²) in [6, 6.07) is 19.0. The summed E-state index contributed by atoms with van der Waals surface area (Å²) < 4.78 is 27.0. The van der Waals surface area contributed by atoms with E-state index in [1.165, 1.54) is 12.1 Å². The fourth-order valence-electron chi connectivity index (χ4n) is 3.56. The highest BCUT2D eigenvalue weighted by Crippen LogP contribution is 2.34. The lowest BCUT2D eigenvalue weighted by atomic mass is 10.1. The second-order valence-electron chi connectivity index (χ2n) is 7.58. The van der Waals surface area contributed by atoms with Crippen LogP contribution < -0.4 is 15.8 Å². The number of nitrogens with zero attached hydrogens (tertiary/aromatic N) is 2. The van der Waals surface area contributed by atoms with E-state index in [2.05, 4.69) is 15.0 Å². The fourth-order valence-corrected chi connectivity index (χ4v) is 4.74. The van der Waals surface area contributed by atoms with Crippen LogP contribution >= 0.6 is 0 Å². The Kier molecular flexibility index (Phi) is 6.38. The number of non-ortho nitro benzene ring substituents is 1. The maximum absolute atomic E-state index is 12.2. The zero-order valence-corrected chi connectivity index (χ0v) is 18.5. The number of hydrogen-bond acceptors (Lipinski definition) is 7. The number of para-hydroxylation sites is 1. The Hall–Kier alpha value is -3.76. The van der Waals surface area contributed by atoms with Crippen molar-refractivity contribution < 1.29 is 13.3 Å². The Bertz CT molecular complexity index is 1420. The summed E-state index contributed by atoms with van der Waals surface area (Å²) in [6.45, 7) is 0.460. The van der Waals surface area contributed by atoms with E-state index < -0.39 is 14.9 Å². The summed E-state index contributed by atoms with van der Waals surface area (Å²) >= 11 is 0. The second-order valence-corrected chi connectivity index (χ2v) is 9.42. The predicted molar refractivity (Wildman–Crippen MR) is 131 cm³/mol. The highest BCUT2D eigenvalue weighted by atomic mass is 32.2. The van der Waals surface area contributed by atoms with Crippen LogP contribution in [0.15, 0.2) is 66.7 Å². The Morgan fingerprint density at radius 2 is 1.61 bits per heavy atom. The molecule has 0 aliphatic heterocycles. The van der Waals surface area contributed by atoms with Gasteiger partial charge in [-0.3, -0.25) is 14.8 Å². The van der Waals surface area contributed by atoms with Gasteiger partial charge in [0.15, 0.2) is 0 Å². The largest absolute Gasteiger partial charge is 0.354 e. The van der Waals surface area contributed by atoms with Gasteiger partial charge in [0.05, 0.1) is 27.4 Å². The molecule has 1 aromatic heterocycles. The Labute approximate surface area is 190 Å². The van der Waals surface area contributed by atoms with Crippen molar-refractivity contribution in [2.24, 2.45) is 5.73 Å². The monoisotopic (exact) mass is 465 g/mol. The first-order valence-electron chi connectivity index (χ1n) is 10.4. The Morgan fingerprint density at radius 1 is 0.909 bits per heavy atom. The van der Waals surface area contributed by atoms with Crippen molar-refractivity contribution in [1.82, 2.24) is 4.98 Å². The number of nitro groups is 1.